The van der Waals surface area contributed by atoms with E-state index in [1.807, 2.05) is 80.9 Å². The lowest BCUT2D eigenvalue weighted by Crippen LogP contribution is -2.56. The van der Waals surface area contributed by atoms with Gasteiger partial charge in [0, 0.05) is 23.5 Å². The largest absolute Gasteiger partial charge is 0.465 e. The van der Waals surface area contributed by atoms with Crippen molar-refractivity contribution in [3.8, 4) is 11.3 Å². The zero-order valence-electron chi connectivity index (χ0n) is 21.9. The quantitative estimate of drug-likeness (QED) is 0.356. The van der Waals surface area contributed by atoms with Gasteiger partial charge in [-0.05, 0) is 63.4 Å². The van der Waals surface area contributed by atoms with Crippen LogP contribution in [-0.2, 0) is 6.42 Å². The van der Waals surface area contributed by atoms with Crippen molar-refractivity contribution < 1.29 is 19.5 Å². The Kier molecular flexibility index (Phi) is 6.26. The smallest absolute Gasteiger partial charge is 0.408 e. The number of imide groups is 1. The number of hydrogen-bond acceptors (Lipinski definition) is 4. The molecule has 0 fully saturated rings. The first-order valence-electron chi connectivity index (χ1n) is 12.6. The molecule has 8 heteroatoms. The van der Waals surface area contributed by atoms with E-state index in [1.54, 1.807) is 24.3 Å². The van der Waals surface area contributed by atoms with Crippen molar-refractivity contribution in [1.82, 2.24) is 19.2 Å². The van der Waals surface area contributed by atoms with Gasteiger partial charge in [0.15, 0.2) is 0 Å². The number of fused-ring (bicyclic) bond motifs is 2. The Labute approximate surface area is 221 Å². The van der Waals surface area contributed by atoms with E-state index >= 15 is 0 Å². The van der Waals surface area contributed by atoms with Gasteiger partial charge in [-0.3, -0.25) is 19.4 Å². The number of aromatic nitrogens is 2. The molecule has 38 heavy (non-hydrogen) atoms. The second kappa shape index (κ2) is 9.45. The van der Waals surface area contributed by atoms with Crippen LogP contribution < -0.4 is 0 Å². The molecule has 0 saturated carbocycles. The van der Waals surface area contributed by atoms with Crippen LogP contribution in [0.15, 0.2) is 73.1 Å². The van der Waals surface area contributed by atoms with Gasteiger partial charge in [0.1, 0.15) is 5.65 Å². The number of carbonyl (C=O) groups excluding carboxylic acids is 2. The molecule has 4 aromatic rings. The zero-order chi connectivity index (χ0) is 27.2. The highest BCUT2D eigenvalue weighted by molar-refractivity contribution is 6.21. The maximum Gasteiger partial charge on any atom is 0.408 e. The summed E-state index contributed by atoms with van der Waals surface area (Å²) in [6.07, 6.45) is 3.18. The molecule has 0 saturated heterocycles. The number of carboxylic acid groups (broad SMARTS) is 1. The molecule has 0 aliphatic carbocycles. The molecule has 2 aromatic carbocycles. The summed E-state index contributed by atoms with van der Waals surface area (Å²) in [5.41, 5.74) is 4.61. The Balaban J connectivity index is 1.44. The highest BCUT2D eigenvalue weighted by Gasteiger charge is 2.40. The summed E-state index contributed by atoms with van der Waals surface area (Å²) < 4.78 is 1.99. The van der Waals surface area contributed by atoms with Crippen molar-refractivity contribution in [2.75, 3.05) is 6.54 Å². The van der Waals surface area contributed by atoms with Gasteiger partial charge in [-0.2, -0.15) is 0 Å². The number of amides is 3. The van der Waals surface area contributed by atoms with Crippen LogP contribution in [0.5, 0.6) is 0 Å². The van der Waals surface area contributed by atoms with E-state index in [1.165, 1.54) is 9.80 Å². The van der Waals surface area contributed by atoms with E-state index < -0.39 is 29.5 Å². The third-order valence-corrected chi connectivity index (χ3v) is 6.96. The molecule has 1 atom stereocenters. The summed E-state index contributed by atoms with van der Waals surface area (Å²) in [6, 6.07) is 17.9. The summed E-state index contributed by atoms with van der Waals surface area (Å²) in [5.74, 6) is -0.792. The van der Waals surface area contributed by atoms with Gasteiger partial charge < -0.3 is 9.51 Å². The predicted octanol–water partition coefficient (Wildman–Crippen LogP) is 5.30. The highest BCUT2D eigenvalue weighted by Crippen LogP contribution is 2.28. The number of pyridine rings is 1. The fraction of sp³-hybridized carbons (Fsp3) is 0.267. The Bertz CT molecular complexity index is 1510. The van der Waals surface area contributed by atoms with Crippen LogP contribution in [0, 0.1) is 6.92 Å². The molecule has 1 N–H and O–H groups in total. The average molecular weight is 511 g/mol. The van der Waals surface area contributed by atoms with E-state index in [0.29, 0.717) is 17.5 Å². The standard InChI is InChI=1S/C30H30N4O4/c1-19-8-7-15-32-18-25(31-26(19)32)21-13-11-20(12-14-21)16-22(34(29(37)38)30(2,3)4)17-33-27(35)23-9-5-6-10-24(23)28(33)36/h5-15,18,22H,16-17H2,1-4H3,(H,37,38)/t22-/m0/s1. The monoisotopic (exact) mass is 510 g/mol. The molecule has 1 aliphatic rings. The molecule has 0 spiro atoms. The first kappa shape index (κ1) is 25.2. The molecule has 194 valence electrons. The minimum atomic E-state index is -1.10. The Hall–Kier alpha value is -4.46. The summed E-state index contributed by atoms with van der Waals surface area (Å²) in [6.45, 7) is 7.41. The Morgan fingerprint density at radius 3 is 2.16 bits per heavy atom. The van der Waals surface area contributed by atoms with Crippen molar-refractivity contribution in [1.29, 1.82) is 0 Å². The maximum atomic E-state index is 13.1. The Morgan fingerprint density at radius 1 is 0.974 bits per heavy atom. The van der Waals surface area contributed by atoms with Gasteiger partial charge in [0.2, 0.25) is 0 Å². The van der Waals surface area contributed by atoms with Gasteiger partial charge in [-0.15, -0.1) is 0 Å². The molecule has 1 aliphatic heterocycles. The van der Waals surface area contributed by atoms with E-state index in [9.17, 15) is 19.5 Å². The maximum absolute atomic E-state index is 13.1. The third kappa shape index (κ3) is 4.53. The van der Waals surface area contributed by atoms with Crippen molar-refractivity contribution in [3.05, 3.63) is 95.3 Å². The first-order valence-corrected chi connectivity index (χ1v) is 12.6. The molecular weight excluding hydrogens is 480 g/mol. The molecule has 0 bridgehead atoms. The van der Waals surface area contributed by atoms with Crippen LogP contribution in [-0.4, -0.2) is 60.3 Å². The molecular formula is C30H30N4O4. The van der Waals surface area contributed by atoms with E-state index in [2.05, 4.69) is 0 Å². The molecule has 5 rings (SSSR count). The highest BCUT2D eigenvalue weighted by atomic mass is 16.4. The van der Waals surface area contributed by atoms with Crippen LogP contribution in [0.4, 0.5) is 4.79 Å². The predicted molar refractivity (Wildman–Crippen MR) is 144 cm³/mol. The number of aryl methyl sites for hydroxylation is 1. The van der Waals surface area contributed by atoms with E-state index in [0.717, 1.165) is 28.0 Å². The van der Waals surface area contributed by atoms with Gasteiger partial charge in [-0.1, -0.05) is 42.5 Å². The fourth-order valence-electron chi connectivity index (χ4n) is 5.22. The summed E-state index contributed by atoms with van der Waals surface area (Å²) in [4.78, 5) is 45.8. The van der Waals surface area contributed by atoms with E-state index in [4.69, 9.17) is 4.98 Å². The van der Waals surface area contributed by atoms with Crippen molar-refractivity contribution in [2.24, 2.45) is 0 Å². The van der Waals surface area contributed by atoms with Gasteiger partial charge in [-0.25, -0.2) is 9.78 Å². The molecule has 8 nitrogen and oxygen atoms in total. The van der Waals surface area contributed by atoms with E-state index in [-0.39, 0.29) is 6.54 Å². The van der Waals surface area contributed by atoms with Crippen LogP contribution in [0.1, 0.15) is 52.6 Å². The molecule has 2 aromatic heterocycles. The van der Waals surface area contributed by atoms with Gasteiger partial charge in [0.05, 0.1) is 29.4 Å². The summed E-state index contributed by atoms with van der Waals surface area (Å²) in [7, 11) is 0. The number of imidazole rings is 1. The van der Waals surface area contributed by atoms with Crippen LogP contribution in [0.25, 0.3) is 16.9 Å². The second-order valence-corrected chi connectivity index (χ2v) is 10.7. The number of rotatable bonds is 6. The van der Waals surface area contributed by atoms with Crippen molar-refractivity contribution in [2.45, 2.75) is 45.7 Å². The topological polar surface area (TPSA) is 95.2 Å². The zero-order valence-corrected chi connectivity index (χ0v) is 21.9. The van der Waals surface area contributed by atoms with Crippen LogP contribution in [0.3, 0.4) is 0 Å². The molecule has 0 unspecified atom stereocenters. The number of hydrogen-bond donors (Lipinski definition) is 1. The summed E-state index contributed by atoms with van der Waals surface area (Å²) >= 11 is 0. The average Bonchev–Trinajstić information content (AvgIpc) is 3.40. The SMILES string of the molecule is Cc1cccn2cc(-c3ccc(C[C@@H](CN4C(=O)c5ccccc5C4=O)N(C(=O)O)C(C)(C)C)cc3)nc12. The minimum Gasteiger partial charge on any atom is -0.465 e. The van der Waals surface area contributed by atoms with Gasteiger partial charge in [0.25, 0.3) is 11.8 Å². The van der Waals surface area contributed by atoms with Crippen molar-refractivity contribution in [3.63, 3.8) is 0 Å². The molecule has 0 radical (unpaired) electrons. The lowest BCUT2D eigenvalue weighted by Gasteiger charge is -2.41. The fourth-order valence-corrected chi connectivity index (χ4v) is 5.22. The molecule has 3 amide bonds. The lowest BCUT2D eigenvalue weighted by atomic mass is 9.97. The Morgan fingerprint density at radius 2 is 1.61 bits per heavy atom. The lowest BCUT2D eigenvalue weighted by molar-refractivity contribution is 0.0431. The van der Waals surface area contributed by atoms with Gasteiger partial charge >= 0.3 is 6.09 Å². The number of carbonyl (C=O) groups is 3. The summed E-state index contributed by atoms with van der Waals surface area (Å²) in [5, 5.41) is 10.1. The van der Waals surface area contributed by atoms with Crippen molar-refractivity contribution >= 4 is 23.6 Å². The minimum absolute atomic E-state index is 0.0383. The third-order valence-electron chi connectivity index (χ3n) is 6.96. The second-order valence-electron chi connectivity index (χ2n) is 10.7. The molecule has 3 heterocycles. The number of benzene rings is 2. The van der Waals surface area contributed by atoms with Crippen LogP contribution in [0.2, 0.25) is 0 Å². The first-order chi connectivity index (χ1) is 18.0. The van der Waals surface area contributed by atoms with Crippen LogP contribution >= 0.6 is 0 Å². The number of nitrogens with zero attached hydrogens (tertiary/aromatic N) is 4. The normalized spacial score (nSPS) is 14.2.